The predicted molar refractivity (Wildman–Crippen MR) is 88.9 cm³/mol. The third-order valence-corrected chi connectivity index (χ3v) is 3.05. The van der Waals surface area contributed by atoms with Gasteiger partial charge in [-0.1, -0.05) is 0 Å². The normalized spacial score (nSPS) is 10.6. The maximum atomic E-state index is 11.3. The van der Waals surface area contributed by atoms with Crippen molar-refractivity contribution in [2.45, 2.75) is 38.5 Å². The van der Waals surface area contributed by atoms with E-state index in [0.29, 0.717) is 13.2 Å². The molecule has 0 aromatic carbocycles. The average molecular weight is 318 g/mol. The molecule has 0 rings (SSSR count). The van der Waals surface area contributed by atoms with Gasteiger partial charge in [-0.25, -0.2) is 4.79 Å². The van der Waals surface area contributed by atoms with Crippen LogP contribution in [0.3, 0.4) is 0 Å². The molecule has 0 bridgehead atoms. The highest BCUT2D eigenvalue weighted by atomic mass is 16.7. The summed E-state index contributed by atoms with van der Waals surface area (Å²) in [4.78, 5) is 11.3. The number of carbonyl (C=O) groups is 1. The van der Waals surface area contributed by atoms with E-state index in [1.54, 1.807) is 0 Å². The molecule has 22 heavy (non-hydrogen) atoms. The number of hydrogen-bond acceptors (Lipinski definition) is 7. The van der Waals surface area contributed by atoms with E-state index in [0.717, 1.165) is 77.8 Å². The van der Waals surface area contributed by atoms with E-state index in [1.165, 1.54) is 0 Å². The van der Waals surface area contributed by atoms with E-state index in [4.69, 9.17) is 20.9 Å². The molecule has 0 fully saturated rings. The summed E-state index contributed by atoms with van der Waals surface area (Å²) in [5.41, 5.74) is 10.8. The minimum absolute atomic E-state index is 0.389. The molecular weight excluding hydrogens is 284 g/mol. The van der Waals surface area contributed by atoms with E-state index in [-0.39, 0.29) is 0 Å². The lowest BCUT2D eigenvalue weighted by atomic mass is 10.3. The molecule has 132 valence electrons. The second-order valence-electron chi connectivity index (χ2n) is 5.15. The van der Waals surface area contributed by atoms with Crippen LogP contribution >= 0.6 is 0 Å². The van der Waals surface area contributed by atoms with E-state index < -0.39 is 6.16 Å². The monoisotopic (exact) mass is 318 g/mol. The zero-order chi connectivity index (χ0) is 16.3. The van der Waals surface area contributed by atoms with Crippen molar-refractivity contribution in [2.24, 2.45) is 11.5 Å². The molecule has 0 aliphatic rings. The number of carbonyl (C=O) groups excluding carboxylic acids is 1. The smallest absolute Gasteiger partial charge is 0.434 e. The third-order valence-electron chi connectivity index (χ3n) is 3.05. The highest BCUT2D eigenvalue weighted by Gasteiger charge is 2.02. The minimum Gasteiger partial charge on any atom is -0.434 e. The van der Waals surface area contributed by atoms with Crippen LogP contribution in [0.5, 0.6) is 0 Å². The molecule has 0 heterocycles. The predicted octanol–water partition coefficient (Wildman–Crippen LogP) is 0.577. The first kappa shape index (κ1) is 21.1. The van der Waals surface area contributed by atoms with Crippen LogP contribution in [0.2, 0.25) is 0 Å². The van der Waals surface area contributed by atoms with Gasteiger partial charge in [-0.2, -0.15) is 0 Å². The first-order valence-electron chi connectivity index (χ1n) is 8.42. The molecule has 0 unspecified atom stereocenters. The Morgan fingerprint density at radius 3 is 1.50 bits per heavy atom. The van der Waals surface area contributed by atoms with Gasteiger partial charge in [0.15, 0.2) is 0 Å². The molecule has 0 aliphatic carbocycles. The highest BCUT2D eigenvalue weighted by Crippen LogP contribution is 1.91. The molecular formula is C15H34N4O3. The molecule has 0 saturated carbocycles. The van der Waals surface area contributed by atoms with Gasteiger partial charge >= 0.3 is 6.16 Å². The molecule has 0 radical (unpaired) electrons. The Morgan fingerprint density at radius 2 is 1.09 bits per heavy atom. The Bertz CT molecular complexity index is 221. The molecule has 0 spiro atoms. The van der Waals surface area contributed by atoms with Crippen molar-refractivity contribution in [1.82, 2.24) is 10.6 Å². The van der Waals surface area contributed by atoms with Crippen LogP contribution in [0.25, 0.3) is 0 Å². The van der Waals surface area contributed by atoms with Gasteiger partial charge < -0.3 is 31.6 Å². The van der Waals surface area contributed by atoms with Gasteiger partial charge in [0.1, 0.15) is 0 Å². The quantitative estimate of drug-likeness (QED) is 0.243. The Labute approximate surface area is 134 Å². The largest absolute Gasteiger partial charge is 0.508 e. The third kappa shape index (κ3) is 17.2. The molecule has 0 aromatic heterocycles. The Morgan fingerprint density at radius 1 is 0.682 bits per heavy atom. The summed E-state index contributed by atoms with van der Waals surface area (Å²) in [5.74, 6) is 0. The molecule has 0 atom stereocenters. The van der Waals surface area contributed by atoms with Crippen LogP contribution in [0.15, 0.2) is 0 Å². The topological polar surface area (TPSA) is 112 Å². The van der Waals surface area contributed by atoms with Crippen molar-refractivity contribution in [1.29, 1.82) is 0 Å². The average Bonchev–Trinajstić information content (AvgIpc) is 2.52. The van der Waals surface area contributed by atoms with Crippen molar-refractivity contribution >= 4 is 6.16 Å². The standard InChI is InChI=1S/C15H34N4O3/c16-7-1-3-9-18-11-5-13-21-15(20)22-14-6-12-19-10-4-2-8-17/h18-19H,1-14,16-17H2. The molecule has 0 aromatic rings. The highest BCUT2D eigenvalue weighted by molar-refractivity contribution is 5.59. The van der Waals surface area contributed by atoms with Gasteiger partial charge in [0, 0.05) is 0 Å². The number of hydrogen-bond donors (Lipinski definition) is 4. The lowest BCUT2D eigenvalue weighted by Gasteiger charge is -2.07. The Hall–Kier alpha value is -0.890. The molecule has 0 aliphatic heterocycles. The summed E-state index contributed by atoms with van der Waals surface area (Å²) < 4.78 is 9.95. The van der Waals surface area contributed by atoms with E-state index in [1.807, 2.05) is 0 Å². The second-order valence-corrected chi connectivity index (χ2v) is 5.15. The fourth-order valence-electron chi connectivity index (χ4n) is 1.79. The summed E-state index contributed by atoms with van der Waals surface area (Å²) in [7, 11) is 0. The van der Waals surface area contributed by atoms with Gasteiger partial charge in [-0.3, -0.25) is 0 Å². The fraction of sp³-hybridized carbons (Fsp3) is 0.933. The number of ether oxygens (including phenoxy) is 2. The van der Waals surface area contributed by atoms with Crippen LogP contribution in [-0.2, 0) is 9.47 Å². The summed E-state index contributed by atoms with van der Waals surface area (Å²) in [6.07, 6.45) is 5.25. The number of nitrogens with one attached hydrogen (secondary N) is 2. The second kappa shape index (κ2) is 18.2. The van der Waals surface area contributed by atoms with Crippen LogP contribution in [0.1, 0.15) is 38.5 Å². The molecule has 0 saturated heterocycles. The first-order chi connectivity index (χ1) is 10.8. The van der Waals surface area contributed by atoms with E-state index in [9.17, 15) is 4.79 Å². The molecule has 0 amide bonds. The van der Waals surface area contributed by atoms with Crippen molar-refractivity contribution in [3.05, 3.63) is 0 Å². The van der Waals surface area contributed by atoms with Gasteiger partial charge in [0.2, 0.25) is 0 Å². The number of rotatable bonds is 16. The summed E-state index contributed by atoms with van der Waals surface area (Å²) in [5, 5.41) is 6.54. The zero-order valence-electron chi connectivity index (χ0n) is 13.8. The van der Waals surface area contributed by atoms with Crippen molar-refractivity contribution in [2.75, 3.05) is 52.5 Å². The Balaban J connectivity index is 3.13. The zero-order valence-corrected chi connectivity index (χ0v) is 13.8. The fourth-order valence-corrected chi connectivity index (χ4v) is 1.79. The van der Waals surface area contributed by atoms with Crippen LogP contribution in [0.4, 0.5) is 4.79 Å². The van der Waals surface area contributed by atoms with Gasteiger partial charge in [-0.05, 0) is 77.8 Å². The van der Waals surface area contributed by atoms with Gasteiger partial charge in [-0.15, -0.1) is 0 Å². The summed E-state index contributed by atoms with van der Waals surface area (Å²) in [6, 6.07) is 0. The summed E-state index contributed by atoms with van der Waals surface area (Å²) in [6.45, 7) is 5.84. The SMILES string of the molecule is NCCCCNCCCOC(=O)OCCCNCCCCN. The lowest BCUT2D eigenvalue weighted by molar-refractivity contribution is 0.0539. The minimum atomic E-state index is -0.578. The first-order valence-corrected chi connectivity index (χ1v) is 8.42. The van der Waals surface area contributed by atoms with Crippen LogP contribution < -0.4 is 22.1 Å². The van der Waals surface area contributed by atoms with Crippen molar-refractivity contribution < 1.29 is 14.3 Å². The maximum Gasteiger partial charge on any atom is 0.508 e. The maximum absolute atomic E-state index is 11.3. The number of nitrogens with two attached hydrogens (primary N) is 2. The van der Waals surface area contributed by atoms with Crippen LogP contribution in [-0.4, -0.2) is 58.6 Å². The molecule has 7 heteroatoms. The van der Waals surface area contributed by atoms with Crippen molar-refractivity contribution in [3.63, 3.8) is 0 Å². The lowest BCUT2D eigenvalue weighted by Crippen LogP contribution is -2.21. The summed E-state index contributed by atoms with van der Waals surface area (Å²) >= 11 is 0. The van der Waals surface area contributed by atoms with Gasteiger partial charge in [0.05, 0.1) is 13.2 Å². The molecule has 7 nitrogen and oxygen atoms in total. The van der Waals surface area contributed by atoms with Gasteiger partial charge in [0.25, 0.3) is 0 Å². The van der Waals surface area contributed by atoms with E-state index in [2.05, 4.69) is 10.6 Å². The molecule has 6 N–H and O–H groups in total. The Kier molecular flexibility index (Phi) is 17.4. The van der Waals surface area contributed by atoms with Crippen LogP contribution in [0, 0.1) is 0 Å². The van der Waals surface area contributed by atoms with E-state index >= 15 is 0 Å². The van der Waals surface area contributed by atoms with Crippen molar-refractivity contribution in [3.8, 4) is 0 Å². The number of unbranched alkanes of at least 4 members (excludes halogenated alkanes) is 2.